The van der Waals surface area contributed by atoms with E-state index in [0.717, 1.165) is 4.70 Å². The lowest BCUT2D eigenvalue weighted by Crippen LogP contribution is -2.51. The molecule has 0 aliphatic carbocycles. The van der Waals surface area contributed by atoms with Crippen LogP contribution in [-0.2, 0) is 24.0 Å². The summed E-state index contributed by atoms with van der Waals surface area (Å²) in [6.45, 7) is 5.75. The molecule has 1 aromatic heterocycles. The van der Waals surface area contributed by atoms with Gasteiger partial charge in [0.25, 0.3) is 0 Å². The number of rotatable bonds is 21. The molecule has 0 saturated heterocycles. The molecule has 3 atom stereocenters. The number of benzene rings is 1. The van der Waals surface area contributed by atoms with Gasteiger partial charge in [-0.3, -0.25) is 34.2 Å². The summed E-state index contributed by atoms with van der Waals surface area (Å²) in [6.07, 6.45) is 2.35. The fraction of sp³-hybridized carbons (Fsp3) is 0.548. The van der Waals surface area contributed by atoms with Crippen LogP contribution in [-0.4, -0.2) is 77.5 Å². The van der Waals surface area contributed by atoms with Gasteiger partial charge in [-0.1, -0.05) is 26.0 Å². The van der Waals surface area contributed by atoms with Gasteiger partial charge in [0, 0.05) is 26.4 Å². The molecule has 1 aromatic carbocycles. The summed E-state index contributed by atoms with van der Waals surface area (Å²) < 4.78 is 0.835. The smallest absolute Gasteiger partial charge is 0.243 e. The highest BCUT2D eigenvalue weighted by atomic mass is 32.1. The van der Waals surface area contributed by atoms with Crippen molar-refractivity contribution in [2.24, 2.45) is 17.4 Å². The Morgan fingerprint density at radius 3 is 2.15 bits per heavy atom. The first-order chi connectivity index (χ1) is 22.3. The molecule has 0 saturated carbocycles. The predicted molar refractivity (Wildman–Crippen MR) is 179 cm³/mol. The zero-order valence-electron chi connectivity index (χ0n) is 27.1. The number of primary amides is 1. The fourth-order valence-electron chi connectivity index (χ4n) is 4.58. The van der Waals surface area contributed by atoms with Crippen LogP contribution in [0.2, 0.25) is 0 Å². The fourth-order valence-corrected chi connectivity index (χ4v) is 5.54. The number of nitrogens with two attached hydrogens (primary N) is 2. The van der Waals surface area contributed by atoms with Gasteiger partial charge in [0.1, 0.15) is 12.1 Å². The second kappa shape index (κ2) is 19.8. The lowest BCUT2D eigenvalue weighted by atomic mass is 10.0. The van der Waals surface area contributed by atoms with Crippen molar-refractivity contribution in [3.05, 3.63) is 29.3 Å². The maximum absolute atomic E-state index is 13.6. The van der Waals surface area contributed by atoms with Gasteiger partial charge in [0.05, 0.1) is 22.7 Å². The van der Waals surface area contributed by atoms with Crippen LogP contribution in [0, 0.1) is 11.3 Å². The number of hydrogen-bond acceptors (Lipinski definition) is 9. The number of aromatic nitrogens is 1. The number of Topliss-reactive ketones (excluding diaryl/α,β-unsaturated/α-hetero) is 1. The van der Waals surface area contributed by atoms with Crippen molar-refractivity contribution in [1.82, 2.24) is 31.6 Å². The third kappa shape index (κ3) is 14.6. The highest BCUT2D eigenvalue weighted by Crippen LogP contribution is 2.23. The number of carbonyl (C=O) groups excluding carboxylic acids is 6. The number of amides is 5. The lowest BCUT2D eigenvalue weighted by molar-refractivity contribution is -0.129. The van der Waals surface area contributed by atoms with E-state index in [1.807, 2.05) is 32.0 Å². The Balaban J connectivity index is 2.09. The number of hydrogen-bond donors (Lipinski definition) is 8. The minimum Gasteiger partial charge on any atom is -0.370 e. The summed E-state index contributed by atoms with van der Waals surface area (Å²) in [5, 5.41) is 20.9. The van der Waals surface area contributed by atoms with Gasteiger partial charge >= 0.3 is 0 Å². The Morgan fingerprint density at radius 1 is 0.830 bits per heavy atom. The van der Waals surface area contributed by atoms with Crippen molar-refractivity contribution < 1.29 is 28.8 Å². The van der Waals surface area contributed by atoms with Crippen molar-refractivity contribution in [3.8, 4) is 0 Å². The number of unbranched alkanes of at least 4 members (excludes halogenated alkanes) is 1. The summed E-state index contributed by atoms with van der Waals surface area (Å²) in [5.41, 5.74) is 11.3. The molecule has 0 aliphatic rings. The highest BCUT2D eigenvalue weighted by Gasteiger charge is 2.29. The van der Waals surface area contributed by atoms with E-state index < -0.39 is 41.8 Å². The Kier molecular flexibility index (Phi) is 16.3. The zero-order valence-corrected chi connectivity index (χ0v) is 28.0. The van der Waals surface area contributed by atoms with Crippen LogP contribution in [0.25, 0.3) is 10.2 Å². The zero-order chi connectivity index (χ0) is 34.9. The average molecular weight is 674 g/mol. The number of nitrogens with zero attached hydrogens (tertiary/aromatic N) is 1. The maximum atomic E-state index is 13.6. The van der Waals surface area contributed by atoms with Crippen LogP contribution in [0.1, 0.15) is 81.9 Å². The van der Waals surface area contributed by atoms with Gasteiger partial charge in [-0.2, -0.15) is 0 Å². The van der Waals surface area contributed by atoms with E-state index in [1.165, 1.54) is 18.3 Å². The Bertz CT molecular complexity index is 1380. The maximum Gasteiger partial charge on any atom is 0.243 e. The van der Waals surface area contributed by atoms with Gasteiger partial charge in [-0.25, -0.2) is 4.98 Å². The third-order valence-electron chi connectivity index (χ3n) is 7.08. The Morgan fingerprint density at radius 2 is 1.51 bits per heavy atom. The van der Waals surface area contributed by atoms with E-state index in [0.29, 0.717) is 37.7 Å². The lowest BCUT2D eigenvalue weighted by Gasteiger charge is -2.23. The standard InChI is InChI=1S/C31H47N9O6S/c1-18(2)13-14-25(42)38-22(10-6-7-15-35-26(43)17-23(28(32)45)37-19(3)41)29(46)39-21(11-8-16-36-31(33)34)27(44)30-40-20-9-4-5-12-24(20)47-30/h4-5,9,12,18,21-23H,6-8,10-11,13-17H2,1-3H3,(H2,32,45)(H,35,43)(H,37,41)(H,38,42)(H,39,46)(H4,33,34,36)/t21?,22?,23-/m0/s1. The number of carbonyl (C=O) groups is 6. The van der Waals surface area contributed by atoms with Crippen molar-refractivity contribution in [2.45, 2.75) is 90.3 Å². The molecule has 258 valence electrons. The number of fused-ring (bicyclic) bond motifs is 1. The number of para-hydroxylation sites is 1. The number of guanidine groups is 1. The molecule has 15 nitrogen and oxygen atoms in total. The SMILES string of the molecule is CC(=O)N[C@@H](CC(=O)NCCCCC(NC(=O)CCC(C)C)C(=O)NC(CCCNC(=N)N)C(=O)c1nc2ccccc2s1)C(N)=O. The summed E-state index contributed by atoms with van der Waals surface area (Å²) in [5.74, 6) is -2.88. The third-order valence-corrected chi connectivity index (χ3v) is 8.13. The van der Waals surface area contributed by atoms with E-state index in [4.69, 9.17) is 16.9 Å². The van der Waals surface area contributed by atoms with E-state index >= 15 is 0 Å². The first-order valence-electron chi connectivity index (χ1n) is 15.7. The summed E-state index contributed by atoms with van der Waals surface area (Å²) in [4.78, 5) is 79.5. The number of thiazole rings is 1. The largest absolute Gasteiger partial charge is 0.370 e. The van der Waals surface area contributed by atoms with Gasteiger partial charge in [0.2, 0.25) is 35.3 Å². The molecule has 1 heterocycles. The van der Waals surface area contributed by atoms with Gasteiger partial charge in [0.15, 0.2) is 11.0 Å². The molecule has 2 rings (SSSR count). The van der Waals surface area contributed by atoms with Gasteiger partial charge in [-0.05, 0) is 56.6 Å². The molecular weight excluding hydrogens is 626 g/mol. The average Bonchev–Trinajstić information content (AvgIpc) is 3.44. The highest BCUT2D eigenvalue weighted by molar-refractivity contribution is 7.20. The van der Waals surface area contributed by atoms with E-state index in [2.05, 4.69) is 31.6 Å². The minimum absolute atomic E-state index is 0.205. The molecule has 2 aromatic rings. The second-order valence-electron chi connectivity index (χ2n) is 11.7. The van der Waals surface area contributed by atoms with Gasteiger partial charge in [-0.15, -0.1) is 11.3 Å². The van der Waals surface area contributed by atoms with E-state index in [-0.39, 0.29) is 60.8 Å². The predicted octanol–water partition coefficient (Wildman–Crippen LogP) is 0.815. The minimum atomic E-state index is -1.13. The summed E-state index contributed by atoms with van der Waals surface area (Å²) in [6, 6.07) is 4.33. The van der Waals surface area contributed by atoms with Crippen molar-refractivity contribution in [1.29, 1.82) is 5.41 Å². The Labute approximate surface area is 278 Å². The monoisotopic (exact) mass is 673 g/mol. The molecule has 5 amide bonds. The molecule has 0 radical (unpaired) electrons. The molecule has 0 fully saturated rings. The first kappa shape index (κ1) is 38.6. The summed E-state index contributed by atoms with van der Waals surface area (Å²) in [7, 11) is 0. The van der Waals surface area contributed by atoms with Crippen LogP contribution < -0.4 is 38.1 Å². The van der Waals surface area contributed by atoms with Crippen molar-refractivity contribution in [3.63, 3.8) is 0 Å². The van der Waals surface area contributed by atoms with Crippen LogP contribution >= 0.6 is 11.3 Å². The molecule has 0 spiro atoms. The molecule has 47 heavy (non-hydrogen) atoms. The molecule has 0 bridgehead atoms. The summed E-state index contributed by atoms with van der Waals surface area (Å²) >= 11 is 1.23. The molecule has 10 N–H and O–H groups in total. The number of nitrogens with one attached hydrogen (secondary N) is 6. The molecule has 2 unspecified atom stereocenters. The van der Waals surface area contributed by atoms with Crippen LogP contribution in [0.5, 0.6) is 0 Å². The van der Waals surface area contributed by atoms with E-state index in [1.54, 1.807) is 6.07 Å². The Hall–Kier alpha value is -4.60. The van der Waals surface area contributed by atoms with E-state index in [9.17, 15) is 28.8 Å². The van der Waals surface area contributed by atoms with Crippen molar-refractivity contribution in [2.75, 3.05) is 13.1 Å². The van der Waals surface area contributed by atoms with Crippen LogP contribution in [0.3, 0.4) is 0 Å². The normalized spacial score (nSPS) is 12.9. The molecular formula is C31H47N9O6S. The molecule has 0 aliphatic heterocycles. The molecule has 16 heteroatoms. The van der Waals surface area contributed by atoms with Crippen LogP contribution in [0.15, 0.2) is 24.3 Å². The van der Waals surface area contributed by atoms with Crippen LogP contribution in [0.4, 0.5) is 0 Å². The quantitative estimate of drug-likeness (QED) is 0.0403. The first-order valence-corrected chi connectivity index (χ1v) is 16.5. The second-order valence-corrected chi connectivity index (χ2v) is 12.7. The van der Waals surface area contributed by atoms with Gasteiger partial charge < -0.3 is 38.1 Å². The number of ketones is 1. The van der Waals surface area contributed by atoms with Crippen molar-refractivity contribution >= 4 is 62.8 Å². The topological polar surface area (TPSA) is 251 Å².